The highest BCUT2D eigenvalue weighted by atomic mass is 19.1. The van der Waals surface area contributed by atoms with Crippen LogP contribution >= 0.6 is 0 Å². The number of hydrogen-bond acceptors (Lipinski definition) is 3. The molecule has 98 valence electrons. The highest BCUT2D eigenvalue weighted by Crippen LogP contribution is 2.19. The fourth-order valence-corrected chi connectivity index (χ4v) is 1.46. The van der Waals surface area contributed by atoms with Gasteiger partial charge in [0.25, 0.3) is 0 Å². The second-order valence-electron chi connectivity index (χ2n) is 3.78. The van der Waals surface area contributed by atoms with Crippen molar-refractivity contribution >= 4 is 23.3 Å². The summed E-state index contributed by atoms with van der Waals surface area (Å²) in [6.45, 7) is 1.34. The molecule has 7 heteroatoms. The van der Waals surface area contributed by atoms with Crippen LogP contribution in [-0.2, 0) is 4.79 Å². The molecule has 19 heavy (non-hydrogen) atoms. The molecule has 0 spiro atoms. The maximum absolute atomic E-state index is 13.6. The highest BCUT2D eigenvalue weighted by molar-refractivity contribution is 5.93. The number of nitrogens with one attached hydrogen (secondary N) is 2. The van der Waals surface area contributed by atoms with Gasteiger partial charge in [-0.05, 0) is 18.2 Å². The molecule has 0 aliphatic heterocycles. The molecule has 0 atom stereocenters. The first-order chi connectivity index (χ1) is 9.06. The van der Waals surface area contributed by atoms with Gasteiger partial charge in [0.05, 0.1) is 5.69 Å². The minimum absolute atomic E-state index is 0.0232. The Labute approximate surface area is 108 Å². The molecule has 0 unspecified atom stereocenters. The van der Waals surface area contributed by atoms with E-state index in [2.05, 4.69) is 15.6 Å². The van der Waals surface area contributed by atoms with Gasteiger partial charge in [0.15, 0.2) is 0 Å². The second-order valence-corrected chi connectivity index (χ2v) is 3.78. The van der Waals surface area contributed by atoms with Gasteiger partial charge in [-0.25, -0.2) is 14.2 Å². The molecule has 2 rings (SSSR count). The van der Waals surface area contributed by atoms with E-state index >= 15 is 0 Å². The lowest BCUT2D eigenvalue weighted by Gasteiger charge is -2.09. The van der Waals surface area contributed by atoms with Gasteiger partial charge in [0.2, 0.25) is 5.91 Å². The summed E-state index contributed by atoms with van der Waals surface area (Å²) in [7, 11) is 0. The molecule has 0 saturated carbocycles. The largest absolute Gasteiger partial charge is 0.331 e. The van der Waals surface area contributed by atoms with Gasteiger partial charge in [-0.2, -0.15) is 0 Å². The molecule has 0 aliphatic rings. The highest BCUT2D eigenvalue weighted by Gasteiger charge is 2.09. The van der Waals surface area contributed by atoms with Crippen LogP contribution in [0.15, 0.2) is 36.9 Å². The van der Waals surface area contributed by atoms with Crippen molar-refractivity contribution in [2.75, 3.05) is 10.6 Å². The molecular weight excluding hydrogens is 251 g/mol. The number of imidazole rings is 1. The van der Waals surface area contributed by atoms with Crippen LogP contribution in [0.25, 0.3) is 0 Å². The summed E-state index contributed by atoms with van der Waals surface area (Å²) in [6, 6.07) is 3.36. The monoisotopic (exact) mass is 262 g/mol. The smallest absolute Gasteiger partial charge is 0.326 e. The van der Waals surface area contributed by atoms with E-state index in [9.17, 15) is 14.0 Å². The molecule has 1 aromatic carbocycles. The summed E-state index contributed by atoms with van der Waals surface area (Å²) in [5, 5.41) is 4.89. The topological polar surface area (TPSA) is 76.0 Å². The lowest BCUT2D eigenvalue weighted by atomic mass is 10.2. The standard InChI is InChI=1S/C12H11FN4O2/c1-8(18)15-9-2-3-10(13)11(6-9)16-12(19)17-5-4-14-7-17/h2-7H,1H3,(H,15,18)(H,16,19). The van der Waals surface area contributed by atoms with E-state index < -0.39 is 11.8 Å². The van der Waals surface area contributed by atoms with Crippen molar-refractivity contribution in [3.05, 3.63) is 42.7 Å². The van der Waals surface area contributed by atoms with Crippen LogP contribution in [-0.4, -0.2) is 21.5 Å². The summed E-state index contributed by atoms with van der Waals surface area (Å²) in [5.74, 6) is -0.874. The zero-order valence-corrected chi connectivity index (χ0v) is 10.1. The van der Waals surface area contributed by atoms with Crippen LogP contribution in [0.4, 0.5) is 20.6 Å². The molecule has 0 aliphatic carbocycles. The molecule has 2 aromatic rings. The molecule has 0 radical (unpaired) electrons. The van der Waals surface area contributed by atoms with Gasteiger partial charge in [-0.1, -0.05) is 0 Å². The van der Waals surface area contributed by atoms with E-state index in [0.29, 0.717) is 5.69 Å². The zero-order chi connectivity index (χ0) is 13.8. The first-order valence-electron chi connectivity index (χ1n) is 5.43. The summed E-state index contributed by atoms with van der Waals surface area (Å²) in [6.07, 6.45) is 4.17. The van der Waals surface area contributed by atoms with E-state index in [1.807, 2.05) is 0 Å². The number of anilines is 2. The average molecular weight is 262 g/mol. The van der Waals surface area contributed by atoms with Gasteiger partial charge in [0, 0.05) is 25.0 Å². The van der Waals surface area contributed by atoms with Crippen molar-refractivity contribution in [3.63, 3.8) is 0 Å². The number of carbonyl (C=O) groups excluding carboxylic acids is 2. The number of aromatic nitrogens is 2. The molecule has 2 N–H and O–H groups in total. The lowest BCUT2D eigenvalue weighted by molar-refractivity contribution is -0.114. The Balaban J connectivity index is 2.19. The van der Waals surface area contributed by atoms with Gasteiger partial charge in [-0.15, -0.1) is 0 Å². The van der Waals surface area contributed by atoms with Crippen LogP contribution < -0.4 is 10.6 Å². The number of halogens is 1. The third kappa shape index (κ3) is 3.15. The van der Waals surface area contributed by atoms with Gasteiger partial charge >= 0.3 is 6.03 Å². The van der Waals surface area contributed by atoms with Crippen molar-refractivity contribution in [2.45, 2.75) is 6.92 Å². The molecule has 2 amide bonds. The second kappa shape index (κ2) is 5.30. The quantitative estimate of drug-likeness (QED) is 0.869. The van der Waals surface area contributed by atoms with E-state index in [0.717, 1.165) is 6.07 Å². The van der Waals surface area contributed by atoms with E-state index in [4.69, 9.17) is 0 Å². The summed E-state index contributed by atoms with van der Waals surface area (Å²) >= 11 is 0. The SMILES string of the molecule is CC(=O)Nc1ccc(F)c(NC(=O)n2ccnc2)c1. The van der Waals surface area contributed by atoms with Gasteiger partial charge < -0.3 is 10.6 Å². The molecule has 0 fully saturated rings. The van der Waals surface area contributed by atoms with Crippen molar-refractivity contribution in [3.8, 4) is 0 Å². The Hall–Kier alpha value is -2.70. The Morgan fingerprint density at radius 2 is 2.11 bits per heavy atom. The Morgan fingerprint density at radius 1 is 1.32 bits per heavy atom. The molecule has 6 nitrogen and oxygen atoms in total. The van der Waals surface area contributed by atoms with Crippen molar-refractivity contribution in [1.82, 2.24) is 9.55 Å². The average Bonchev–Trinajstić information content (AvgIpc) is 2.86. The third-order valence-electron chi connectivity index (χ3n) is 2.27. The predicted octanol–water partition coefficient (Wildman–Crippen LogP) is 2.06. The Kier molecular flexibility index (Phi) is 3.56. The number of rotatable bonds is 2. The third-order valence-corrected chi connectivity index (χ3v) is 2.27. The summed E-state index contributed by atoms with van der Waals surface area (Å²) in [5.41, 5.74) is 0.375. The lowest BCUT2D eigenvalue weighted by Crippen LogP contribution is -2.18. The van der Waals surface area contributed by atoms with Gasteiger partial charge in [-0.3, -0.25) is 9.36 Å². The molecule has 0 bridgehead atoms. The first kappa shape index (κ1) is 12.7. The van der Waals surface area contributed by atoms with Crippen molar-refractivity contribution in [2.24, 2.45) is 0 Å². The van der Waals surface area contributed by atoms with Crippen LogP contribution in [0, 0.1) is 5.82 Å². The minimum atomic E-state index is -0.595. The number of carbonyl (C=O) groups is 2. The van der Waals surface area contributed by atoms with Gasteiger partial charge in [0.1, 0.15) is 12.1 Å². The Bertz CT molecular complexity index is 610. The molecule has 1 aromatic heterocycles. The number of amides is 2. The fraction of sp³-hybridized carbons (Fsp3) is 0.0833. The zero-order valence-electron chi connectivity index (χ0n) is 10.1. The van der Waals surface area contributed by atoms with Crippen molar-refractivity contribution in [1.29, 1.82) is 0 Å². The molecular formula is C12H11FN4O2. The van der Waals surface area contributed by atoms with Crippen LogP contribution in [0.1, 0.15) is 6.92 Å². The number of hydrogen-bond donors (Lipinski definition) is 2. The van der Waals surface area contributed by atoms with E-state index in [1.165, 1.54) is 42.3 Å². The normalized spacial score (nSPS) is 10.0. The maximum Gasteiger partial charge on any atom is 0.331 e. The van der Waals surface area contributed by atoms with Crippen LogP contribution in [0.5, 0.6) is 0 Å². The number of benzene rings is 1. The van der Waals surface area contributed by atoms with E-state index in [1.54, 1.807) is 0 Å². The molecule has 0 saturated heterocycles. The minimum Gasteiger partial charge on any atom is -0.326 e. The molecule has 1 heterocycles. The Morgan fingerprint density at radius 3 is 2.74 bits per heavy atom. The predicted molar refractivity (Wildman–Crippen MR) is 67.3 cm³/mol. The fourth-order valence-electron chi connectivity index (χ4n) is 1.46. The summed E-state index contributed by atoms with van der Waals surface area (Å²) in [4.78, 5) is 26.3. The summed E-state index contributed by atoms with van der Waals surface area (Å²) < 4.78 is 14.7. The van der Waals surface area contributed by atoms with Crippen LogP contribution in [0.3, 0.4) is 0 Å². The number of nitrogens with zero attached hydrogens (tertiary/aromatic N) is 2. The van der Waals surface area contributed by atoms with Crippen LogP contribution in [0.2, 0.25) is 0 Å². The maximum atomic E-state index is 13.6. The van der Waals surface area contributed by atoms with E-state index in [-0.39, 0.29) is 11.6 Å². The van der Waals surface area contributed by atoms with Crippen molar-refractivity contribution < 1.29 is 14.0 Å². The first-order valence-corrected chi connectivity index (χ1v) is 5.43.